The van der Waals surface area contributed by atoms with E-state index in [1.54, 1.807) is 11.8 Å². The molecular formula is C15H22N2OS. The van der Waals surface area contributed by atoms with Gasteiger partial charge in [-0.1, -0.05) is 42.3 Å². The van der Waals surface area contributed by atoms with Crippen LogP contribution in [0, 0.1) is 6.92 Å². The van der Waals surface area contributed by atoms with Gasteiger partial charge in [-0.3, -0.25) is 4.99 Å². The van der Waals surface area contributed by atoms with Crippen LogP contribution in [-0.4, -0.2) is 23.6 Å². The molecule has 19 heavy (non-hydrogen) atoms. The minimum Gasteiger partial charge on any atom is -0.493 e. The van der Waals surface area contributed by atoms with Gasteiger partial charge in [-0.15, -0.1) is 0 Å². The van der Waals surface area contributed by atoms with E-state index in [1.807, 2.05) is 12.1 Å². The number of hydrogen-bond acceptors (Lipinski definition) is 3. The predicted molar refractivity (Wildman–Crippen MR) is 83.0 cm³/mol. The minimum atomic E-state index is 0.463. The number of amidine groups is 1. The molecule has 0 bridgehead atoms. The van der Waals surface area contributed by atoms with Crippen molar-refractivity contribution >= 4 is 16.9 Å². The molecule has 0 heterocycles. The quantitative estimate of drug-likeness (QED) is 0.510. The molecule has 2 rings (SSSR count). The Kier molecular flexibility index (Phi) is 5.58. The van der Waals surface area contributed by atoms with E-state index in [2.05, 4.69) is 24.0 Å². The van der Waals surface area contributed by atoms with Crippen molar-refractivity contribution in [1.29, 1.82) is 0 Å². The first-order valence-corrected chi connectivity index (χ1v) is 7.88. The van der Waals surface area contributed by atoms with E-state index < -0.39 is 0 Å². The number of benzene rings is 1. The van der Waals surface area contributed by atoms with Crippen molar-refractivity contribution in [3.63, 3.8) is 0 Å². The summed E-state index contributed by atoms with van der Waals surface area (Å²) in [5.41, 5.74) is 7.16. The molecule has 0 aromatic heterocycles. The van der Waals surface area contributed by atoms with Crippen LogP contribution in [0.2, 0.25) is 0 Å². The Morgan fingerprint density at radius 2 is 2.00 bits per heavy atom. The van der Waals surface area contributed by atoms with Crippen molar-refractivity contribution in [3.05, 3.63) is 29.8 Å². The monoisotopic (exact) mass is 278 g/mol. The standard InChI is InChI=1S/C15H22N2OS/c1-12-6-8-14(9-7-12)18-10-11-19-15(16)17-13-4-2-3-5-13/h6-9,13H,2-5,10-11H2,1H3,(H2,16,17). The molecule has 1 aliphatic carbocycles. The smallest absolute Gasteiger partial charge is 0.154 e. The van der Waals surface area contributed by atoms with Crippen molar-refractivity contribution in [1.82, 2.24) is 0 Å². The summed E-state index contributed by atoms with van der Waals surface area (Å²) in [6.45, 7) is 2.73. The van der Waals surface area contributed by atoms with Gasteiger partial charge >= 0.3 is 0 Å². The van der Waals surface area contributed by atoms with Gasteiger partial charge in [0.05, 0.1) is 12.6 Å². The molecule has 0 aliphatic heterocycles. The molecule has 1 saturated carbocycles. The Morgan fingerprint density at radius 1 is 1.32 bits per heavy atom. The van der Waals surface area contributed by atoms with Crippen LogP contribution in [0.5, 0.6) is 5.75 Å². The Bertz CT molecular complexity index is 411. The van der Waals surface area contributed by atoms with Crippen LogP contribution in [-0.2, 0) is 0 Å². The molecule has 4 heteroatoms. The lowest BCUT2D eigenvalue weighted by Crippen LogP contribution is -2.13. The van der Waals surface area contributed by atoms with Crippen LogP contribution in [0.25, 0.3) is 0 Å². The normalized spacial score (nSPS) is 16.8. The van der Waals surface area contributed by atoms with Gasteiger partial charge in [-0.25, -0.2) is 0 Å². The lowest BCUT2D eigenvalue weighted by atomic mass is 10.2. The lowest BCUT2D eigenvalue weighted by Gasteiger charge is -2.07. The van der Waals surface area contributed by atoms with Crippen LogP contribution < -0.4 is 10.5 Å². The van der Waals surface area contributed by atoms with Crippen molar-refractivity contribution < 1.29 is 4.74 Å². The van der Waals surface area contributed by atoms with Crippen molar-refractivity contribution in [2.24, 2.45) is 10.7 Å². The number of nitrogens with zero attached hydrogens (tertiary/aromatic N) is 1. The van der Waals surface area contributed by atoms with Gasteiger partial charge in [-0.05, 0) is 31.9 Å². The maximum absolute atomic E-state index is 5.91. The van der Waals surface area contributed by atoms with Gasteiger partial charge in [-0.2, -0.15) is 0 Å². The van der Waals surface area contributed by atoms with E-state index >= 15 is 0 Å². The lowest BCUT2D eigenvalue weighted by molar-refractivity contribution is 0.344. The number of nitrogens with two attached hydrogens (primary N) is 1. The maximum Gasteiger partial charge on any atom is 0.154 e. The van der Waals surface area contributed by atoms with Gasteiger partial charge in [0.15, 0.2) is 5.17 Å². The van der Waals surface area contributed by atoms with E-state index in [4.69, 9.17) is 10.5 Å². The van der Waals surface area contributed by atoms with Crippen LogP contribution in [0.1, 0.15) is 31.2 Å². The fourth-order valence-corrected chi connectivity index (χ4v) is 2.79. The summed E-state index contributed by atoms with van der Waals surface area (Å²) in [4.78, 5) is 4.53. The van der Waals surface area contributed by atoms with Gasteiger partial charge in [0.25, 0.3) is 0 Å². The van der Waals surface area contributed by atoms with Gasteiger partial charge in [0.1, 0.15) is 5.75 Å². The fraction of sp³-hybridized carbons (Fsp3) is 0.533. The van der Waals surface area contributed by atoms with E-state index in [0.29, 0.717) is 17.8 Å². The van der Waals surface area contributed by atoms with Crippen molar-refractivity contribution in [2.75, 3.05) is 12.4 Å². The molecule has 0 amide bonds. The summed E-state index contributed by atoms with van der Waals surface area (Å²) < 4.78 is 5.65. The molecule has 0 spiro atoms. The summed E-state index contributed by atoms with van der Waals surface area (Å²) in [6, 6.07) is 8.56. The molecule has 1 fully saturated rings. The molecule has 0 saturated heterocycles. The largest absolute Gasteiger partial charge is 0.493 e. The van der Waals surface area contributed by atoms with Crippen molar-refractivity contribution in [2.45, 2.75) is 38.6 Å². The Labute approximate surface area is 119 Å². The average molecular weight is 278 g/mol. The predicted octanol–water partition coefficient (Wildman–Crippen LogP) is 3.36. The number of thioether (sulfide) groups is 1. The molecule has 0 atom stereocenters. The summed E-state index contributed by atoms with van der Waals surface area (Å²) in [5, 5.41) is 0.708. The summed E-state index contributed by atoms with van der Waals surface area (Å²) in [5.74, 6) is 1.76. The van der Waals surface area contributed by atoms with Gasteiger partial charge < -0.3 is 10.5 Å². The number of rotatable bonds is 5. The van der Waals surface area contributed by atoms with Crippen LogP contribution >= 0.6 is 11.8 Å². The molecular weight excluding hydrogens is 256 g/mol. The summed E-state index contributed by atoms with van der Waals surface area (Å²) >= 11 is 1.59. The summed E-state index contributed by atoms with van der Waals surface area (Å²) in [7, 11) is 0. The Hall–Kier alpha value is -1.16. The van der Waals surface area contributed by atoms with Crippen LogP contribution in [0.4, 0.5) is 0 Å². The molecule has 2 N–H and O–H groups in total. The Morgan fingerprint density at radius 3 is 2.68 bits per heavy atom. The zero-order valence-electron chi connectivity index (χ0n) is 11.5. The highest BCUT2D eigenvalue weighted by Crippen LogP contribution is 2.21. The highest BCUT2D eigenvalue weighted by Gasteiger charge is 2.13. The second kappa shape index (κ2) is 7.43. The molecule has 0 radical (unpaired) electrons. The highest BCUT2D eigenvalue weighted by molar-refractivity contribution is 8.13. The molecule has 3 nitrogen and oxygen atoms in total. The molecule has 1 aliphatic rings. The van der Waals surface area contributed by atoms with E-state index in [-0.39, 0.29) is 0 Å². The maximum atomic E-state index is 5.91. The molecule has 0 unspecified atom stereocenters. The van der Waals surface area contributed by atoms with E-state index in [9.17, 15) is 0 Å². The second-order valence-corrected chi connectivity index (χ2v) is 6.03. The van der Waals surface area contributed by atoms with Crippen LogP contribution in [0.15, 0.2) is 29.3 Å². The Balaban J connectivity index is 1.64. The number of hydrogen-bond donors (Lipinski definition) is 1. The first kappa shape index (κ1) is 14.3. The van der Waals surface area contributed by atoms with Crippen LogP contribution in [0.3, 0.4) is 0 Å². The van der Waals surface area contributed by atoms with Gasteiger partial charge in [0.2, 0.25) is 0 Å². The van der Waals surface area contributed by atoms with Crippen molar-refractivity contribution in [3.8, 4) is 5.75 Å². The first-order chi connectivity index (χ1) is 9.24. The SMILES string of the molecule is Cc1ccc(OCCSC(N)=NC2CCCC2)cc1. The number of ether oxygens (including phenoxy) is 1. The zero-order valence-corrected chi connectivity index (χ0v) is 12.3. The third-order valence-corrected chi connectivity index (χ3v) is 4.03. The zero-order chi connectivity index (χ0) is 13.5. The average Bonchev–Trinajstić information content (AvgIpc) is 2.89. The molecule has 104 valence electrons. The number of aliphatic imine (C=N–C) groups is 1. The van der Waals surface area contributed by atoms with E-state index in [0.717, 1.165) is 11.5 Å². The molecule has 1 aromatic carbocycles. The third kappa shape index (κ3) is 5.15. The second-order valence-electron chi connectivity index (χ2n) is 4.92. The summed E-state index contributed by atoms with van der Waals surface area (Å²) in [6.07, 6.45) is 4.98. The minimum absolute atomic E-state index is 0.463. The topological polar surface area (TPSA) is 47.6 Å². The highest BCUT2D eigenvalue weighted by atomic mass is 32.2. The van der Waals surface area contributed by atoms with Gasteiger partial charge in [0, 0.05) is 5.75 Å². The fourth-order valence-electron chi connectivity index (χ4n) is 2.19. The van der Waals surface area contributed by atoms with E-state index in [1.165, 1.54) is 31.2 Å². The third-order valence-electron chi connectivity index (χ3n) is 3.26. The molecule has 1 aromatic rings. The number of aryl methyl sites for hydroxylation is 1. The first-order valence-electron chi connectivity index (χ1n) is 6.89.